The number of thioether (sulfide) groups is 1. The molecule has 0 fully saturated rings. The first-order valence-electron chi connectivity index (χ1n) is 7.09. The number of benzene rings is 1. The molecule has 2 heterocycles. The second-order valence-electron chi connectivity index (χ2n) is 4.77. The summed E-state index contributed by atoms with van der Waals surface area (Å²) in [5, 5.41) is 3.66. The summed E-state index contributed by atoms with van der Waals surface area (Å²) in [5.41, 5.74) is 1.96. The number of ether oxygens (including phenoxy) is 1. The number of rotatable bonds is 6. The van der Waals surface area contributed by atoms with E-state index in [0.29, 0.717) is 22.8 Å². The number of H-pyrrole nitrogens is 1. The number of hydrogen-bond acceptors (Lipinski definition) is 6. The van der Waals surface area contributed by atoms with Crippen molar-refractivity contribution in [2.45, 2.75) is 11.4 Å². The number of methoxy groups -OCH3 is 1. The molecule has 124 valence electrons. The molecule has 0 saturated heterocycles. The van der Waals surface area contributed by atoms with Crippen LogP contribution in [0.25, 0.3) is 11.2 Å². The third-order valence-electron chi connectivity index (χ3n) is 3.17. The van der Waals surface area contributed by atoms with Gasteiger partial charge in [0.05, 0.1) is 13.4 Å². The number of nitrogens with one attached hydrogen (secondary N) is 2. The standard InChI is InChI=1S/C15H14ClN5O2S/c1-23-10-4-2-9(3-5-10)19-11(22)6-7-24-14-12-13(18-8-17-12)20-15(16)21-14/h2-5,8H,6-7H2,1H3,(H,19,22)(H,17,18,20,21). The Morgan fingerprint density at radius 1 is 1.33 bits per heavy atom. The van der Waals surface area contributed by atoms with Crippen molar-refractivity contribution < 1.29 is 9.53 Å². The molecule has 0 atom stereocenters. The topological polar surface area (TPSA) is 92.8 Å². The molecule has 9 heteroatoms. The molecule has 0 aliphatic carbocycles. The molecule has 0 radical (unpaired) electrons. The minimum absolute atomic E-state index is 0.0753. The Balaban J connectivity index is 1.55. The molecule has 2 N–H and O–H groups in total. The summed E-state index contributed by atoms with van der Waals surface area (Å²) < 4.78 is 5.08. The van der Waals surface area contributed by atoms with Crippen LogP contribution in [0.1, 0.15) is 6.42 Å². The molecule has 24 heavy (non-hydrogen) atoms. The molecule has 0 aliphatic heterocycles. The van der Waals surface area contributed by atoms with Gasteiger partial charge >= 0.3 is 0 Å². The Hall–Kier alpha value is -2.32. The smallest absolute Gasteiger partial charge is 0.225 e. The van der Waals surface area contributed by atoms with E-state index in [9.17, 15) is 4.79 Å². The van der Waals surface area contributed by atoms with Crippen molar-refractivity contribution in [1.29, 1.82) is 0 Å². The molecule has 0 aliphatic rings. The maximum atomic E-state index is 12.0. The Kier molecular flexibility index (Phi) is 5.17. The normalized spacial score (nSPS) is 10.8. The number of halogens is 1. The zero-order valence-electron chi connectivity index (χ0n) is 12.7. The first kappa shape index (κ1) is 16.5. The Labute approximate surface area is 147 Å². The van der Waals surface area contributed by atoms with E-state index in [1.807, 2.05) is 0 Å². The Morgan fingerprint density at radius 2 is 2.12 bits per heavy atom. The molecule has 0 spiro atoms. The van der Waals surface area contributed by atoms with Crippen molar-refractivity contribution in [3.8, 4) is 5.75 Å². The SMILES string of the molecule is COc1ccc(NC(=O)CCSc2nc(Cl)nc3nc[nH]c23)cc1. The van der Waals surface area contributed by atoms with Gasteiger partial charge in [0.1, 0.15) is 16.3 Å². The molecule has 0 saturated carbocycles. The van der Waals surface area contributed by atoms with Crippen LogP contribution in [0.2, 0.25) is 5.28 Å². The average molecular weight is 364 g/mol. The van der Waals surface area contributed by atoms with E-state index in [2.05, 4.69) is 25.3 Å². The highest BCUT2D eigenvalue weighted by molar-refractivity contribution is 7.99. The van der Waals surface area contributed by atoms with Crippen molar-refractivity contribution in [3.63, 3.8) is 0 Å². The second kappa shape index (κ2) is 7.50. The van der Waals surface area contributed by atoms with E-state index < -0.39 is 0 Å². The molecule has 0 unspecified atom stereocenters. The average Bonchev–Trinajstić information content (AvgIpc) is 3.04. The molecule has 1 amide bonds. The van der Waals surface area contributed by atoms with Crippen LogP contribution in [-0.4, -0.2) is 38.7 Å². The zero-order valence-corrected chi connectivity index (χ0v) is 14.3. The van der Waals surface area contributed by atoms with E-state index in [-0.39, 0.29) is 11.2 Å². The lowest BCUT2D eigenvalue weighted by molar-refractivity contribution is -0.115. The molecule has 2 aromatic heterocycles. The number of amides is 1. The minimum atomic E-state index is -0.0753. The van der Waals surface area contributed by atoms with Gasteiger partial charge in [-0.3, -0.25) is 4.79 Å². The third kappa shape index (κ3) is 3.95. The van der Waals surface area contributed by atoms with Gasteiger partial charge in [-0.2, -0.15) is 4.98 Å². The predicted molar refractivity (Wildman–Crippen MR) is 93.7 cm³/mol. The lowest BCUT2D eigenvalue weighted by Crippen LogP contribution is -2.12. The van der Waals surface area contributed by atoms with Crippen LogP contribution < -0.4 is 10.1 Å². The van der Waals surface area contributed by atoms with E-state index in [1.54, 1.807) is 31.4 Å². The van der Waals surface area contributed by atoms with Gasteiger partial charge in [0.25, 0.3) is 0 Å². The highest BCUT2D eigenvalue weighted by Crippen LogP contribution is 2.25. The van der Waals surface area contributed by atoms with Crippen LogP contribution in [0.3, 0.4) is 0 Å². The summed E-state index contributed by atoms with van der Waals surface area (Å²) in [6.07, 6.45) is 1.88. The number of hydrogen-bond donors (Lipinski definition) is 2. The predicted octanol–water partition coefficient (Wildman–Crippen LogP) is 3.14. The van der Waals surface area contributed by atoms with Gasteiger partial charge in [0, 0.05) is 17.9 Å². The number of imidazole rings is 1. The molecular weight excluding hydrogens is 350 g/mol. The van der Waals surface area contributed by atoms with Crippen molar-refractivity contribution in [3.05, 3.63) is 35.9 Å². The molecule has 7 nitrogen and oxygen atoms in total. The fourth-order valence-electron chi connectivity index (χ4n) is 2.02. The molecule has 0 bridgehead atoms. The van der Waals surface area contributed by atoms with Crippen molar-refractivity contribution >= 4 is 46.1 Å². The van der Waals surface area contributed by atoms with E-state index >= 15 is 0 Å². The van der Waals surface area contributed by atoms with Crippen LogP contribution in [0, 0.1) is 0 Å². The molecule has 3 rings (SSSR count). The highest BCUT2D eigenvalue weighted by atomic mass is 35.5. The van der Waals surface area contributed by atoms with E-state index in [4.69, 9.17) is 16.3 Å². The van der Waals surface area contributed by atoms with Gasteiger partial charge in [0.2, 0.25) is 11.2 Å². The van der Waals surface area contributed by atoms with Gasteiger partial charge in [-0.15, -0.1) is 11.8 Å². The van der Waals surface area contributed by atoms with Gasteiger partial charge in [-0.25, -0.2) is 9.97 Å². The van der Waals surface area contributed by atoms with Gasteiger partial charge in [0.15, 0.2) is 5.65 Å². The molecule has 3 aromatic rings. The van der Waals surface area contributed by atoms with E-state index in [0.717, 1.165) is 17.0 Å². The maximum Gasteiger partial charge on any atom is 0.225 e. The van der Waals surface area contributed by atoms with Gasteiger partial charge in [-0.1, -0.05) is 0 Å². The molecule has 1 aromatic carbocycles. The number of carbonyl (C=O) groups is 1. The second-order valence-corrected chi connectivity index (χ2v) is 6.20. The van der Waals surface area contributed by atoms with Crippen molar-refractivity contribution in [2.75, 3.05) is 18.2 Å². The summed E-state index contributed by atoms with van der Waals surface area (Å²) in [6, 6.07) is 7.18. The van der Waals surface area contributed by atoms with Crippen LogP contribution in [-0.2, 0) is 4.79 Å². The lowest BCUT2D eigenvalue weighted by Gasteiger charge is -2.06. The number of nitrogens with zero attached hydrogens (tertiary/aromatic N) is 3. The maximum absolute atomic E-state index is 12.0. The molecular formula is C15H14ClN5O2S. The fraction of sp³-hybridized carbons (Fsp3) is 0.200. The summed E-state index contributed by atoms with van der Waals surface area (Å²) in [7, 11) is 1.60. The van der Waals surface area contributed by atoms with Crippen molar-refractivity contribution in [2.24, 2.45) is 0 Å². The Morgan fingerprint density at radius 3 is 2.88 bits per heavy atom. The van der Waals surface area contributed by atoms with E-state index in [1.165, 1.54) is 18.1 Å². The summed E-state index contributed by atoms with van der Waals surface area (Å²) >= 11 is 7.30. The summed E-state index contributed by atoms with van der Waals surface area (Å²) in [6.45, 7) is 0. The number of aromatic nitrogens is 4. The highest BCUT2D eigenvalue weighted by Gasteiger charge is 2.10. The Bertz CT molecular complexity index is 853. The largest absolute Gasteiger partial charge is 0.497 e. The summed E-state index contributed by atoms with van der Waals surface area (Å²) in [4.78, 5) is 27.2. The monoisotopic (exact) mass is 363 g/mol. The summed E-state index contributed by atoms with van der Waals surface area (Å²) in [5.74, 6) is 1.23. The van der Waals surface area contributed by atoms with Crippen LogP contribution in [0.5, 0.6) is 5.75 Å². The fourth-order valence-corrected chi connectivity index (χ4v) is 3.17. The number of fused-ring (bicyclic) bond motifs is 1. The van der Waals surface area contributed by atoms with Crippen LogP contribution in [0.4, 0.5) is 5.69 Å². The number of carbonyl (C=O) groups excluding carboxylic acids is 1. The van der Waals surface area contributed by atoms with Crippen molar-refractivity contribution in [1.82, 2.24) is 19.9 Å². The van der Waals surface area contributed by atoms with Crippen LogP contribution in [0.15, 0.2) is 35.6 Å². The minimum Gasteiger partial charge on any atom is -0.497 e. The first-order valence-corrected chi connectivity index (χ1v) is 8.45. The zero-order chi connectivity index (χ0) is 16.9. The van der Waals surface area contributed by atoms with Gasteiger partial charge in [-0.05, 0) is 35.9 Å². The lowest BCUT2D eigenvalue weighted by atomic mass is 10.3. The third-order valence-corrected chi connectivity index (χ3v) is 4.31. The number of aromatic amines is 1. The first-order chi connectivity index (χ1) is 11.7. The van der Waals surface area contributed by atoms with Crippen LogP contribution >= 0.6 is 23.4 Å². The van der Waals surface area contributed by atoms with Gasteiger partial charge < -0.3 is 15.0 Å². The quantitative estimate of drug-likeness (QED) is 0.397. The number of anilines is 1.